The fraction of sp³-hybridized carbons (Fsp3) is 0.259. The minimum absolute atomic E-state index is 0.00752. The van der Waals surface area contributed by atoms with Crippen molar-refractivity contribution in [2.24, 2.45) is 0 Å². The predicted molar refractivity (Wildman–Crippen MR) is 133 cm³/mol. The molecule has 1 saturated heterocycles. The number of rotatable bonds is 4. The van der Waals surface area contributed by atoms with Crippen molar-refractivity contribution in [2.45, 2.75) is 30.1 Å². The van der Waals surface area contributed by atoms with Crippen LogP contribution in [0, 0.1) is 0 Å². The number of sulfonamides is 1. The number of carbonyl (C=O) groups is 1. The van der Waals surface area contributed by atoms with Gasteiger partial charge in [0.25, 0.3) is 15.9 Å². The summed E-state index contributed by atoms with van der Waals surface area (Å²) in [6.45, 7) is 1.51. The number of likely N-dealkylation sites (tertiary alicyclic amines) is 1. The molecule has 1 fully saturated rings. The molecule has 3 heterocycles. The number of amides is 1. The van der Waals surface area contributed by atoms with Gasteiger partial charge in [0.15, 0.2) is 11.5 Å². The molecule has 0 aliphatic carbocycles. The smallest absolute Gasteiger partial charge is 0.264 e. The number of carbonyl (C=O) groups excluding carboxylic acids is 1. The Kier molecular flexibility index (Phi) is 5.33. The number of nitrogens with zero attached hydrogens (tertiary/aromatic N) is 3. The van der Waals surface area contributed by atoms with Crippen molar-refractivity contribution in [3.05, 3.63) is 89.8 Å². The van der Waals surface area contributed by atoms with Crippen molar-refractivity contribution < 1.29 is 17.6 Å². The first-order valence-corrected chi connectivity index (χ1v) is 13.3. The molecule has 35 heavy (non-hydrogen) atoms. The summed E-state index contributed by atoms with van der Waals surface area (Å²) in [6.07, 6.45) is 2.40. The molecule has 0 saturated carbocycles. The van der Waals surface area contributed by atoms with Gasteiger partial charge < -0.3 is 9.32 Å². The Bertz CT molecular complexity index is 1500. The van der Waals surface area contributed by atoms with Crippen LogP contribution in [0.25, 0.3) is 11.1 Å². The van der Waals surface area contributed by atoms with E-state index in [-0.39, 0.29) is 16.7 Å². The van der Waals surface area contributed by atoms with E-state index in [0.717, 1.165) is 29.5 Å². The molecule has 1 aromatic heterocycles. The lowest BCUT2D eigenvalue weighted by molar-refractivity contribution is 0.0698. The number of para-hydroxylation sites is 3. The number of anilines is 1. The van der Waals surface area contributed by atoms with Crippen LogP contribution >= 0.6 is 0 Å². The number of hydrogen-bond acceptors (Lipinski definition) is 5. The van der Waals surface area contributed by atoms with Crippen LogP contribution in [0.2, 0.25) is 0 Å². The summed E-state index contributed by atoms with van der Waals surface area (Å²) in [4.78, 5) is 19.9. The second-order valence-corrected chi connectivity index (χ2v) is 11.0. The van der Waals surface area contributed by atoms with Crippen molar-refractivity contribution >= 4 is 32.7 Å². The van der Waals surface area contributed by atoms with Crippen molar-refractivity contribution in [3.63, 3.8) is 0 Å². The first kappa shape index (κ1) is 21.9. The van der Waals surface area contributed by atoms with E-state index >= 15 is 0 Å². The minimum atomic E-state index is -3.77. The summed E-state index contributed by atoms with van der Waals surface area (Å²) in [6, 6.07) is 21.6. The molecular weight excluding hydrogens is 462 g/mol. The third-order valence-corrected chi connectivity index (χ3v) is 8.69. The molecule has 7 nitrogen and oxygen atoms in total. The van der Waals surface area contributed by atoms with Gasteiger partial charge in [0, 0.05) is 25.2 Å². The summed E-state index contributed by atoms with van der Waals surface area (Å²) in [5.74, 6) is 0.477. The average molecular weight is 488 g/mol. The number of oxazole rings is 1. The topological polar surface area (TPSA) is 83.7 Å². The zero-order valence-electron chi connectivity index (χ0n) is 19.1. The highest BCUT2D eigenvalue weighted by atomic mass is 32.2. The molecule has 4 aromatic rings. The van der Waals surface area contributed by atoms with E-state index in [0.29, 0.717) is 43.2 Å². The molecule has 1 amide bonds. The lowest BCUT2D eigenvalue weighted by atomic mass is 9.97. The number of piperidine rings is 1. The summed E-state index contributed by atoms with van der Waals surface area (Å²) in [5.41, 5.74) is 3.65. The van der Waals surface area contributed by atoms with Crippen LogP contribution in [0.3, 0.4) is 0 Å². The third-order valence-electron chi connectivity index (χ3n) is 6.88. The van der Waals surface area contributed by atoms with E-state index in [9.17, 15) is 13.2 Å². The van der Waals surface area contributed by atoms with Crippen LogP contribution < -0.4 is 4.31 Å². The molecule has 3 aromatic carbocycles. The molecule has 178 valence electrons. The lowest BCUT2D eigenvalue weighted by Crippen LogP contribution is -2.39. The first-order chi connectivity index (χ1) is 17.0. The number of fused-ring (bicyclic) bond motifs is 2. The van der Waals surface area contributed by atoms with Crippen molar-refractivity contribution in [3.8, 4) is 0 Å². The SMILES string of the molecule is O=C(c1cccc(S(=O)(=O)N2CCc3ccccc32)c1)N1CCC[C@@H](c2nc3ccccc3o2)C1. The first-order valence-electron chi connectivity index (χ1n) is 11.9. The minimum Gasteiger partial charge on any atom is -0.440 e. The van der Waals surface area contributed by atoms with E-state index < -0.39 is 10.0 Å². The van der Waals surface area contributed by atoms with Crippen molar-refractivity contribution in [1.82, 2.24) is 9.88 Å². The normalized spacial score (nSPS) is 18.1. The number of hydrogen-bond donors (Lipinski definition) is 0. The second kappa shape index (κ2) is 8.53. The zero-order chi connectivity index (χ0) is 24.0. The molecule has 0 N–H and O–H groups in total. The summed E-state index contributed by atoms with van der Waals surface area (Å²) >= 11 is 0. The maximum Gasteiger partial charge on any atom is 0.264 e. The molecule has 0 unspecified atom stereocenters. The molecule has 0 spiro atoms. The van der Waals surface area contributed by atoms with Gasteiger partial charge in [0.1, 0.15) is 5.52 Å². The predicted octanol–water partition coefficient (Wildman–Crippen LogP) is 4.60. The Balaban J connectivity index is 1.24. The van der Waals surface area contributed by atoms with Gasteiger partial charge in [-0.25, -0.2) is 13.4 Å². The monoisotopic (exact) mass is 487 g/mol. The van der Waals surface area contributed by atoms with Gasteiger partial charge in [-0.05, 0) is 61.2 Å². The average Bonchev–Trinajstić information content (AvgIpc) is 3.53. The molecule has 0 bridgehead atoms. The van der Waals surface area contributed by atoms with E-state index in [1.54, 1.807) is 23.1 Å². The maximum atomic E-state index is 13.5. The van der Waals surface area contributed by atoms with Gasteiger partial charge in [0.2, 0.25) is 0 Å². The quantitative estimate of drug-likeness (QED) is 0.420. The fourth-order valence-electron chi connectivity index (χ4n) is 5.08. The molecule has 8 heteroatoms. The highest BCUT2D eigenvalue weighted by Gasteiger charge is 2.32. The van der Waals surface area contributed by atoms with Gasteiger partial charge >= 0.3 is 0 Å². The van der Waals surface area contributed by atoms with Gasteiger partial charge in [-0.3, -0.25) is 9.10 Å². The van der Waals surface area contributed by atoms with Gasteiger partial charge in [-0.1, -0.05) is 36.4 Å². The maximum absolute atomic E-state index is 13.5. The third kappa shape index (κ3) is 3.87. The van der Waals surface area contributed by atoms with Crippen LogP contribution in [-0.2, 0) is 16.4 Å². The molecule has 2 aliphatic heterocycles. The van der Waals surface area contributed by atoms with Crippen molar-refractivity contribution in [1.29, 1.82) is 0 Å². The standard InChI is InChI=1S/C27H25N3O4S/c31-27(29-15-6-9-21(18-29)26-28-23-11-2-4-13-25(23)34-26)20-8-5-10-22(17-20)35(32,33)30-16-14-19-7-1-3-12-24(19)30/h1-5,7-8,10-13,17,21H,6,9,14-16,18H2/t21-/m1/s1. The number of benzene rings is 3. The Morgan fingerprint density at radius 2 is 1.80 bits per heavy atom. The van der Waals surface area contributed by atoms with E-state index in [1.807, 2.05) is 48.5 Å². The van der Waals surface area contributed by atoms with Crippen LogP contribution in [-0.4, -0.2) is 43.8 Å². The summed E-state index contributed by atoms with van der Waals surface area (Å²) in [7, 11) is -3.77. The van der Waals surface area contributed by atoms with Crippen LogP contribution in [0.5, 0.6) is 0 Å². The lowest BCUT2D eigenvalue weighted by Gasteiger charge is -2.31. The van der Waals surface area contributed by atoms with Crippen LogP contribution in [0.4, 0.5) is 5.69 Å². The molecule has 6 rings (SSSR count). The highest BCUT2D eigenvalue weighted by molar-refractivity contribution is 7.92. The molecule has 2 aliphatic rings. The summed E-state index contributed by atoms with van der Waals surface area (Å²) < 4.78 is 34.3. The summed E-state index contributed by atoms with van der Waals surface area (Å²) in [5, 5.41) is 0. The largest absolute Gasteiger partial charge is 0.440 e. The van der Waals surface area contributed by atoms with Gasteiger partial charge in [0.05, 0.1) is 16.5 Å². The van der Waals surface area contributed by atoms with Crippen LogP contribution in [0.15, 0.2) is 82.1 Å². The molecule has 1 atom stereocenters. The highest BCUT2D eigenvalue weighted by Crippen LogP contribution is 2.33. The Morgan fingerprint density at radius 3 is 2.69 bits per heavy atom. The van der Waals surface area contributed by atoms with E-state index in [2.05, 4.69) is 4.98 Å². The number of aromatic nitrogens is 1. The van der Waals surface area contributed by atoms with Crippen LogP contribution in [0.1, 0.15) is 40.6 Å². The van der Waals surface area contributed by atoms with E-state index in [4.69, 9.17) is 4.42 Å². The fourth-order valence-corrected chi connectivity index (χ4v) is 6.63. The Hall–Kier alpha value is -3.65. The second-order valence-electron chi connectivity index (χ2n) is 9.09. The van der Waals surface area contributed by atoms with Gasteiger partial charge in [-0.15, -0.1) is 0 Å². The zero-order valence-corrected chi connectivity index (χ0v) is 19.9. The Labute approximate surface area is 204 Å². The molecular formula is C27H25N3O4S. The molecule has 0 radical (unpaired) electrons. The Morgan fingerprint density at radius 1 is 0.971 bits per heavy atom. The van der Waals surface area contributed by atoms with Gasteiger partial charge in [-0.2, -0.15) is 0 Å². The van der Waals surface area contributed by atoms with Crippen molar-refractivity contribution in [2.75, 3.05) is 23.9 Å². The van der Waals surface area contributed by atoms with E-state index in [1.165, 1.54) is 10.4 Å².